The maximum absolute atomic E-state index is 13.4. The van der Waals surface area contributed by atoms with Crippen LogP contribution in [0.2, 0.25) is 0 Å². The molecule has 2 unspecified atom stereocenters. The first kappa shape index (κ1) is 16.7. The standard InChI is InChI=1S/C17H25FN2O2/c1-17(2,3)22-16(21)20-9-8-13(11-20)15(19-4)12-6-5-7-14(18)10-12/h5-7,10,13,15,19H,8-9,11H2,1-4H3. The molecule has 2 atom stereocenters. The van der Waals surface area contributed by atoms with Crippen molar-refractivity contribution in [3.8, 4) is 0 Å². The molecule has 1 aliphatic rings. The van der Waals surface area contributed by atoms with E-state index >= 15 is 0 Å². The number of rotatable bonds is 3. The third kappa shape index (κ3) is 4.19. The molecular weight excluding hydrogens is 283 g/mol. The van der Waals surface area contributed by atoms with Gasteiger partial charge in [0, 0.05) is 19.1 Å². The largest absolute Gasteiger partial charge is 0.444 e. The van der Waals surface area contributed by atoms with Gasteiger partial charge in [0.25, 0.3) is 0 Å². The van der Waals surface area contributed by atoms with Crippen molar-refractivity contribution in [2.24, 2.45) is 5.92 Å². The molecule has 0 bridgehead atoms. The summed E-state index contributed by atoms with van der Waals surface area (Å²) in [6.45, 7) is 6.88. The van der Waals surface area contributed by atoms with Crippen LogP contribution in [-0.2, 0) is 4.74 Å². The Kier molecular flexibility index (Phi) is 5.06. The first-order valence-corrected chi connectivity index (χ1v) is 7.71. The summed E-state index contributed by atoms with van der Waals surface area (Å²) in [5.74, 6) is 0.0130. The molecule has 4 nitrogen and oxygen atoms in total. The fourth-order valence-electron chi connectivity index (χ4n) is 2.93. The van der Waals surface area contributed by atoms with Crippen LogP contribution in [0.5, 0.6) is 0 Å². The second-order valence-electron chi connectivity index (χ2n) is 6.80. The number of carbonyl (C=O) groups excluding carboxylic acids is 1. The summed E-state index contributed by atoms with van der Waals surface area (Å²) < 4.78 is 18.8. The lowest BCUT2D eigenvalue weighted by Crippen LogP contribution is -2.36. The van der Waals surface area contributed by atoms with Crippen LogP contribution in [0, 0.1) is 11.7 Å². The minimum Gasteiger partial charge on any atom is -0.444 e. The Labute approximate surface area is 131 Å². The predicted molar refractivity (Wildman–Crippen MR) is 84.1 cm³/mol. The number of hydrogen-bond donors (Lipinski definition) is 1. The average molecular weight is 308 g/mol. The van der Waals surface area contributed by atoms with E-state index in [0.29, 0.717) is 13.1 Å². The fraction of sp³-hybridized carbons (Fsp3) is 0.588. The molecule has 1 aromatic rings. The molecule has 1 heterocycles. The van der Waals surface area contributed by atoms with Gasteiger partial charge >= 0.3 is 6.09 Å². The number of likely N-dealkylation sites (tertiary alicyclic amines) is 1. The smallest absolute Gasteiger partial charge is 0.410 e. The molecular formula is C17H25FN2O2. The molecule has 2 rings (SSSR count). The molecule has 0 aliphatic carbocycles. The first-order valence-electron chi connectivity index (χ1n) is 7.71. The lowest BCUT2D eigenvalue weighted by atomic mass is 9.92. The summed E-state index contributed by atoms with van der Waals surface area (Å²) in [5.41, 5.74) is 0.429. The van der Waals surface area contributed by atoms with E-state index in [0.717, 1.165) is 12.0 Å². The van der Waals surface area contributed by atoms with E-state index < -0.39 is 5.60 Å². The number of ether oxygens (including phenoxy) is 1. The van der Waals surface area contributed by atoms with Crippen molar-refractivity contribution in [1.82, 2.24) is 10.2 Å². The van der Waals surface area contributed by atoms with Gasteiger partial charge in [0.05, 0.1) is 0 Å². The number of halogens is 1. The normalized spacial score (nSPS) is 20.0. The van der Waals surface area contributed by atoms with Gasteiger partial charge in [0.1, 0.15) is 11.4 Å². The molecule has 0 aromatic heterocycles. The Bertz CT molecular complexity index is 528. The third-order valence-electron chi connectivity index (χ3n) is 3.87. The van der Waals surface area contributed by atoms with Gasteiger partial charge in [-0.2, -0.15) is 0 Å². The summed E-state index contributed by atoms with van der Waals surface area (Å²) in [7, 11) is 1.87. The molecule has 1 aromatic carbocycles. The molecule has 0 radical (unpaired) electrons. The van der Waals surface area contributed by atoms with Crippen molar-refractivity contribution in [2.45, 2.75) is 38.8 Å². The second kappa shape index (κ2) is 6.65. The van der Waals surface area contributed by atoms with Crippen LogP contribution in [0.15, 0.2) is 24.3 Å². The van der Waals surface area contributed by atoms with Crippen molar-refractivity contribution < 1.29 is 13.9 Å². The minimum atomic E-state index is -0.486. The van der Waals surface area contributed by atoms with E-state index in [1.807, 2.05) is 33.9 Å². The topological polar surface area (TPSA) is 41.6 Å². The highest BCUT2D eigenvalue weighted by Gasteiger charge is 2.34. The summed E-state index contributed by atoms with van der Waals surface area (Å²) in [6.07, 6.45) is 0.602. The summed E-state index contributed by atoms with van der Waals surface area (Å²) >= 11 is 0. The van der Waals surface area contributed by atoms with Gasteiger partial charge in [-0.3, -0.25) is 0 Å². The molecule has 1 aliphatic heterocycles. The van der Waals surface area contributed by atoms with Crippen LogP contribution < -0.4 is 5.32 Å². The maximum atomic E-state index is 13.4. The van der Waals surface area contributed by atoms with Gasteiger partial charge in [0.2, 0.25) is 0 Å². The van der Waals surface area contributed by atoms with E-state index in [1.54, 1.807) is 17.0 Å². The summed E-state index contributed by atoms with van der Waals surface area (Å²) in [6, 6.07) is 6.66. The molecule has 22 heavy (non-hydrogen) atoms. The van der Waals surface area contributed by atoms with Crippen molar-refractivity contribution >= 4 is 6.09 Å². The van der Waals surface area contributed by atoms with Crippen LogP contribution in [0.3, 0.4) is 0 Å². The maximum Gasteiger partial charge on any atom is 0.410 e. The lowest BCUT2D eigenvalue weighted by molar-refractivity contribution is 0.0285. The van der Waals surface area contributed by atoms with E-state index in [4.69, 9.17) is 4.74 Å². The van der Waals surface area contributed by atoms with Gasteiger partial charge in [-0.05, 0) is 57.9 Å². The highest BCUT2D eigenvalue weighted by Crippen LogP contribution is 2.30. The monoisotopic (exact) mass is 308 g/mol. The highest BCUT2D eigenvalue weighted by atomic mass is 19.1. The zero-order valence-corrected chi connectivity index (χ0v) is 13.7. The molecule has 0 spiro atoms. The number of nitrogens with zero attached hydrogens (tertiary/aromatic N) is 1. The van der Waals surface area contributed by atoms with Gasteiger partial charge in [0.15, 0.2) is 0 Å². The van der Waals surface area contributed by atoms with Gasteiger partial charge < -0.3 is 15.0 Å². The Hall–Kier alpha value is -1.62. The zero-order chi connectivity index (χ0) is 16.3. The third-order valence-corrected chi connectivity index (χ3v) is 3.87. The van der Waals surface area contributed by atoms with Crippen molar-refractivity contribution in [3.05, 3.63) is 35.6 Å². The number of benzene rings is 1. The van der Waals surface area contributed by atoms with Crippen molar-refractivity contribution in [1.29, 1.82) is 0 Å². The van der Waals surface area contributed by atoms with Crippen LogP contribution in [0.1, 0.15) is 38.8 Å². The van der Waals surface area contributed by atoms with Crippen molar-refractivity contribution in [3.63, 3.8) is 0 Å². The molecule has 1 fully saturated rings. The van der Waals surface area contributed by atoms with E-state index in [9.17, 15) is 9.18 Å². The average Bonchev–Trinajstić information content (AvgIpc) is 2.87. The van der Waals surface area contributed by atoms with Crippen LogP contribution >= 0.6 is 0 Å². The second-order valence-corrected chi connectivity index (χ2v) is 6.80. The van der Waals surface area contributed by atoms with Crippen molar-refractivity contribution in [2.75, 3.05) is 20.1 Å². The zero-order valence-electron chi connectivity index (χ0n) is 13.7. The Morgan fingerprint density at radius 2 is 2.18 bits per heavy atom. The Balaban J connectivity index is 2.03. The highest BCUT2D eigenvalue weighted by molar-refractivity contribution is 5.68. The first-order chi connectivity index (χ1) is 10.3. The molecule has 0 saturated carbocycles. The van der Waals surface area contributed by atoms with Crippen LogP contribution in [0.4, 0.5) is 9.18 Å². The number of amides is 1. The summed E-state index contributed by atoms with van der Waals surface area (Å²) in [5, 5.41) is 3.25. The lowest BCUT2D eigenvalue weighted by Gasteiger charge is -2.26. The molecule has 1 amide bonds. The van der Waals surface area contributed by atoms with Gasteiger partial charge in [-0.25, -0.2) is 9.18 Å². The van der Waals surface area contributed by atoms with Crippen LogP contribution in [-0.4, -0.2) is 36.7 Å². The fourth-order valence-corrected chi connectivity index (χ4v) is 2.93. The predicted octanol–water partition coefficient (Wildman–Crippen LogP) is 3.34. The molecule has 1 saturated heterocycles. The Morgan fingerprint density at radius 3 is 2.77 bits per heavy atom. The van der Waals surface area contributed by atoms with E-state index in [2.05, 4.69) is 5.32 Å². The Morgan fingerprint density at radius 1 is 1.45 bits per heavy atom. The molecule has 122 valence electrons. The quantitative estimate of drug-likeness (QED) is 0.931. The van der Waals surface area contributed by atoms with E-state index in [-0.39, 0.29) is 23.9 Å². The molecule has 5 heteroatoms. The minimum absolute atomic E-state index is 0.0307. The van der Waals surface area contributed by atoms with Gasteiger partial charge in [-0.15, -0.1) is 0 Å². The number of nitrogens with one attached hydrogen (secondary N) is 1. The number of hydrogen-bond acceptors (Lipinski definition) is 3. The SMILES string of the molecule is CNC(c1cccc(F)c1)C1CCN(C(=O)OC(C)(C)C)C1. The van der Waals surface area contributed by atoms with E-state index in [1.165, 1.54) is 6.07 Å². The summed E-state index contributed by atoms with van der Waals surface area (Å²) in [4.78, 5) is 13.9. The number of carbonyl (C=O) groups is 1. The van der Waals surface area contributed by atoms with Gasteiger partial charge in [-0.1, -0.05) is 12.1 Å². The molecule has 1 N–H and O–H groups in total. The van der Waals surface area contributed by atoms with Crippen LogP contribution in [0.25, 0.3) is 0 Å².